The van der Waals surface area contributed by atoms with Crippen LogP contribution in [0.25, 0.3) is 0 Å². The molecule has 0 aromatic rings. The molecule has 0 radical (unpaired) electrons. The number of nitrogens with zero attached hydrogens (tertiary/aromatic N) is 2. The first-order valence-electron chi connectivity index (χ1n) is 8.39. The summed E-state index contributed by atoms with van der Waals surface area (Å²) in [7, 11) is 0. The van der Waals surface area contributed by atoms with E-state index in [4.69, 9.17) is 4.74 Å². The number of ether oxygens (including phenoxy) is 1. The number of amides is 1. The van der Waals surface area contributed by atoms with Crippen LogP contribution in [-0.2, 0) is 9.53 Å². The molecule has 0 aromatic heterocycles. The molecule has 0 atom stereocenters. The Labute approximate surface area is 132 Å². The molecule has 126 valence electrons. The Morgan fingerprint density at radius 3 is 2.59 bits per heavy atom. The highest BCUT2D eigenvalue weighted by molar-refractivity contribution is 5.81. The van der Waals surface area contributed by atoms with Crippen molar-refractivity contribution in [3.63, 3.8) is 0 Å². The van der Waals surface area contributed by atoms with Crippen LogP contribution in [-0.4, -0.2) is 75.8 Å². The molecular formula is C15H29N5O2. The summed E-state index contributed by atoms with van der Waals surface area (Å²) in [6.07, 6.45) is 2.09. The van der Waals surface area contributed by atoms with Gasteiger partial charge in [-0.1, -0.05) is 0 Å². The molecule has 2 aliphatic rings. The number of rotatable bonds is 8. The molecular weight excluding hydrogens is 282 g/mol. The Kier molecular flexibility index (Phi) is 7.45. The number of nitrogens with one attached hydrogen (secondary N) is 3. The van der Waals surface area contributed by atoms with Crippen molar-refractivity contribution < 1.29 is 9.53 Å². The third-order valence-corrected chi connectivity index (χ3v) is 3.80. The Balaban J connectivity index is 1.59. The standard InChI is InChI=1S/C15H29N5O2/c1-2-16-15(18-6-5-17-14(21)13-3-4-13)19-7-8-20-9-11-22-12-10-20/h13H,2-12H2,1H3,(H,17,21)(H2,16,18,19). The Morgan fingerprint density at radius 1 is 1.18 bits per heavy atom. The van der Waals surface area contributed by atoms with Crippen LogP contribution in [0.3, 0.4) is 0 Å². The fraction of sp³-hybridized carbons (Fsp3) is 0.867. The van der Waals surface area contributed by atoms with Gasteiger partial charge in [0.2, 0.25) is 5.91 Å². The highest BCUT2D eigenvalue weighted by Crippen LogP contribution is 2.28. The lowest BCUT2D eigenvalue weighted by molar-refractivity contribution is -0.122. The van der Waals surface area contributed by atoms with Crippen molar-refractivity contribution in [1.29, 1.82) is 0 Å². The molecule has 1 heterocycles. The average Bonchev–Trinajstić information content (AvgIpc) is 3.37. The highest BCUT2D eigenvalue weighted by atomic mass is 16.5. The van der Waals surface area contributed by atoms with Crippen molar-refractivity contribution >= 4 is 11.9 Å². The van der Waals surface area contributed by atoms with E-state index in [2.05, 4.69) is 25.8 Å². The van der Waals surface area contributed by atoms with Gasteiger partial charge in [0.15, 0.2) is 5.96 Å². The Hall–Kier alpha value is -1.34. The fourth-order valence-electron chi connectivity index (χ4n) is 2.33. The average molecular weight is 311 g/mol. The lowest BCUT2D eigenvalue weighted by Gasteiger charge is -2.25. The molecule has 1 saturated carbocycles. The molecule has 2 rings (SSSR count). The molecule has 0 bridgehead atoms. The molecule has 2 fully saturated rings. The first-order valence-corrected chi connectivity index (χ1v) is 8.39. The Morgan fingerprint density at radius 2 is 1.91 bits per heavy atom. The van der Waals surface area contributed by atoms with Crippen LogP contribution in [0.1, 0.15) is 19.8 Å². The molecule has 0 spiro atoms. The molecule has 3 N–H and O–H groups in total. The maximum atomic E-state index is 11.5. The molecule has 1 aliphatic carbocycles. The summed E-state index contributed by atoms with van der Waals surface area (Å²) in [6, 6.07) is 0. The largest absolute Gasteiger partial charge is 0.379 e. The van der Waals surface area contributed by atoms with Crippen LogP contribution in [0.4, 0.5) is 0 Å². The van der Waals surface area contributed by atoms with Gasteiger partial charge in [0.05, 0.1) is 19.8 Å². The molecule has 7 heteroatoms. The summed E-state index contributed by atoms with van der Waals surface area (Å²) in [4.78, 5) is 18.5. The number of carbonyl (C=O) groups excluding carboxylic acids is 1. The summed E-state index contributed by atoms with van der Waals surface area (Å²) < 4.78 is 5.33. The summed E-state index contributed by atoms with van der Waals surface area (Å²) in [5, 5.41) is 9.42. The lowest BCUT2D eigenvalue weighted by Crippen LogP contribution is -2.42. The van der Waals surface area contributed by atoms with Gasteiger partial charge in [-0.2, -0.15) is 0 Å². The maximum absolute atomic E-state index is 11.5. The molecule has 0 unspecified atom stereocenters. The number of aliphatic imine (C=N–C) groups is 1. The van der Waals surface area contributed by atoms with Crippen molar-refractivity contribution in [3.05, 3.63) is 0 Å². The summed E-state index contributed by atoms with van der Waals surface area (Å²) in [6.45, 7) is 9.57. The summed E-state index contributed by atoms with van der Waals surface area (Å²) in [5.74, 6) is 1.28. The van der Waals surface area contributed by atoms with E-state index in [1.807, 2.05) is 6.92 Å². The van der Waals surface area contributed by atoms with Gasteiger partial charge < -0.3 is 20.7 Å². The number of carbonyl (C=O) groups is 1. The normalized spacial score (nSPS) is 19.8. The first kappa shape index (κ1) is 17.0. The van der Waals surface area contributed by atoms with Crippen LogP contribution in [0.2, 0.25) is 0 Å². The third kappa shape index (κ3) is 6.62. The van der Waals surface area contributed by atoms with Gasteiger partial charge in [0, 0.05) is 45.2 Å². The number of hydrogen-bond acceptors (Lipinski definition) is 4. The van der Waals surface area contributed by atoms with Crippen molar-refractivity contribution in [2.75, 3.05) is 59.0 Å². The second-order valence-corrected chi connectivity index (χ2v) is 5.71. The third-order valence-electron chi connectivity index (χ3n) is 3.80. The van der Waals surface area contributed by atoms with E-state index in [-0.39, 0.29) is 11.8 Å². The van der Waals surface area contributed by atoms with Crippen LogP contribution in [0.15, 0.2) is 4.99 Å². The van der Waals surface area contributed by atoms with Gasteiger partial charge in [0.1, 0.15) is 0 Å². The molecule has 22 heavy (non-hydrogen) atoms. The minimum Gasteiger partial charge on any atom is -0.379 e. The van der Waals surface area contributed by atoms with E-state index in [1.54, 1.807) is 0 Å². The molecule has 7 nitrogen and oxygen atoms in total. The predicted octanol–water partition coefficient (Wildman–Crippen LogP) is -0.600. The van der Waals surface area contributed by atoms with E-state index in [1.165, 1.54) is 0 Å². The van der Waals surface area contributed by atoms with Crippen LogP contribution in [0.5, 0.6) is 0 Å². The van der Waals surface area contributed by atoms with Gasteiger partial charge >= 0.3 is 0 Å². The quantitative estimate of drug-likeness (QED) is 0.317. The zero-order valence-electron chi connectivity index (χ0n) is 13.6. The number of hydrogen-bond donors (Lipinski definition) is 3. The summed E-state index contributed by atoms with van der Waals surface area (Å²) in [5.41, 5.74) is 0. The smallest absolute Gasteiger partial charge is 0.223 e. The predicted molar refractivity (Wildman–Crippen MR) is 87.0 cm³/mol. The van der Waals surface area contributed by atoms with Gasteiger partial charge in [-0.25, -0.2) is 0 Å². The number of guanidine groups is 1. The second-order valence-electron chi connectivity index (χ2n) is 5.71. The fourth-order valence-corrected chi connectivity index (χ4v) is 2.33. The van der Waals surface area contributed by atoms with E-state index in [0.717, 1.165) is 64.7 Å². The maximum Gasteiger partial charge on any atom is 0.223 e. The van der Waals surface area contributed by atoms with Crippen molar-refractivity contribution in [2.24, 2.45) is 10.9 Å². The lowest BCUT2D eigenvalue weighted by atomic mass is 10.4. The van der Waals surface area contributed by atoms with Gasteiger partial charge in [0.25, 0.3) is 0 Å². The molecule has 0 aromatic carbocycles. The van der Waals surface area contributed by atoms with E-state index in [0.29, 0.717) is 13.1 Å². The highest BCUT2D eigenvalue weighted by Gasteiger charge is 2.28. The van der Waals surface area contributed by atoms with Gasteiger partial charge in [-0.05, 0) is 19.8 Å². The topological polar surface area (TPSA) is 78.0 Å². The van der Waals surface area contributed by atoms with Gasteiger partial charge in [-0.15, -0.1) is 0 Å². The van der Waals surface area contributed by atoms with Crippen molar-refractivity contribution in [3.8, 4) is 0 Å². The summed E-state index contributed by atoms with van der Waals surface area (Å²) >= 11 is 0. The first-order chi connectivity index (χ1) is 10.8. The monoisotopic (exact) mass is 311 g/mol. The van der Waals surface area contributed by atoms with Crippen LogP contribution < -0.4 is 16.0 Å². The zero-order chi connectivity index (χ0) is 15.6. The molecule has 1 amide bonds. The number of morpholine rings is 1. The van der Waals surface area contributed by atoms with E-state index in [9.17, 15) is 4.79 Å². The van der Waals surface area contributed by atoms with Crippen molar-refractivity contribution in [1.82, 2.24) is 20.9 Å². The Bertz CT molecular complexity index is 365. The van der Waals surface area contributed by atoms with E-state index >= 15 is 0 Å². The van der Waals surface area contributed by atoms with Crippen LogP contribution in [0, 0.1) is 5.92 Å². The molecule has 1 aliphatic heterocycles. The minimum absolute atomic E-state index is 0.191. The zero-order valence-corrected chi connectivity index (χ0v) is 13.6. The molecule has 1 saturated heterocycles. The second kappa shape index (κ2) is 9.63. The van der Waals surface area contributed by atoms with Crippen LogP contribution >= 0.6 is 0 Å². The van der Waals surface area contributed by atoms with Crippen molar-refractivity contribution in [2.45, 2.75) is 19.8 Å². The SMILES string of the molecule is CCNC(=NCCN1CCOCC1)NCCNC(=O)C1CC1. The van der Waals surface area contributed by atoms with E-state index < -0.39 is 0 Å². The minimum atomic E-state index is 0.191. The van der Waals surface area contributed by atoms with Gasteiger partial charge in [-0.3, -0.25) is 14.7 Å².